The highest BCUT2D eigenvalue weighted by Crippen LogP contribution is 2.33. The molecule has 0 unspecified atom stereocenters. The van der Waals surface area contributed by atoms with Crippen molar-refractivity contribution >= 4 is 43.2 Å². The first kappa shape index (κ1) is 17.7. The molecule has 0 aliphatic carbocycles. The molecule has 4 heteroatoms. The highest BCUT2D eigenvalue weighted by molar-refractivity contribution is 9.11. The molecule has 19 heavy (non-hydrogen) atoms. The zero-order chi connectivity index (χ0) is 14.3. The lowest BCUT2D eigenvalue weighted by atomic mass is 9.80. The summed E-state index contributed by atoms with van der Waals surface area (Å²) in [5, 5.41) is 3.36. The number of nitrogens with zero attached hydrogens (tertiary/aromatic N) is 1. The molecule has 0 bridgehead atoms. The van der Waals surface area contributed by atoms with E-state index in [9.17, 15) is 0 Å². The molecule has 0 aromatic carbocycles. The normalized spacial score (nSPS) is 12.3. The van der Waals surface area contributed by atoms with Crippen molar-refractivity contribution < 1.29 is 0 Å². The fourth-order valence-corrected chi connectivity index (χ4v) is 4.83. The van der Waals surface area contributed by atoms with E-state index in [1.807, 2.05) is 0 Å². The number of halogens is 2. The van der Waals surface area contributed by atoms with Gasteiger partial charge in [0.05, 0.1) is 3.79 Å². The number of alkyl halides is 1. The Morgan fingerprint density at radius 3 is 2.32 bits per heavy atom. The summed E-state index contributed by atoms with van der Waals surface area (Å²) in [6.07, 6.45) is 5.15. The van der Waals surface area contributed by atoms with Crippen LogP contribution in [0.2, 0.25) is 0 Å². The molecule has 0 amide bonds. The summed E-state index contributed by atoms with van der Waals surface area (Å²) in [5.74, 6) is 0. The summed E-state index contributed by atoms with van der Waals surface area (Å²) >= 11 is 9.07. The van der Waals surface area contributed by atoms with Gasteiger partial charge in [-0.1, -0.05) is 42.6 Å². The molecule has 0 spiro atoms. The molecule has 0 aliphatic heterocycles. The molecule has 0 N–H and O–H groups in total. The van der Waals surface area contributed by atoms with Crippen molar-refractivity contribution in [1.82, 2.24) is 4.90 Å². The fourth-order valence-electron chi connectivity index (χ4n) is 2.89. The summed E-state index contributed by atoms with van der Waals surface area (Å²) in [4.78, 5) is 2.47. The lowest BCUT2D eigenvalue weighted by Gasteiger charge is -2.35. The first-order chi connectivity index (χ1) is 9.05. The number of hydrogen-bond donors (Lipinski definition) is 0. The van der Waals surface area contributed by atoms with Gasteiger partial charge in [-0.2, -0.15) is 0 Å². The van der Waals surface area contributed by atoms with Crippen molar-refractivity contribution in [2.24, 2.45) is 5.41 Å². The highest BCUT2D eigenvalue weighted by Gasteiger charge is 2.28. The Morgan fingerprint density at radius 1 is 1.26 bits per heavy atom. The lowest BCUT2D eigenvalue weighted by Crippen LogP contribution is -2.36. The van der Waals surface area contributed by atoms with Gasteiger partial charge in [-0.25, -0.2) is 0 Å². The molecule has 0 radical (unpaired) electrons. The molecule has 0 atom stereocenters. The van der Waals surface area contributed by atoms with E-state index < -0.39 is 0 Å². The van der Waals surface area contributed by atoms with Crippen LogP contribution in [-0.2, 0) is 6.54 Å². The molecule has 0 saturated heterocycles. The van der Waals surface area contributed by atoms with Crippen LogP contribution in [0.3, 0.4) is 0 Å². The number of rotatable bonds is 9. The fraction of sp³-hybridized carbons (Fsp3) is 0.733. The Kier molecular flexibility index (Phi) is 8.19. The van der Waals surface area contributed by atoms with Crippen molar-refractivity contribution in [2.75, 3.05) is 18.9 Å². The van der Waals surface area contributed by atoms with E-state index in [4.69, 9.17) is 0 Å². The molecule has 1 nitrogen and oxygen atoms in total. The SMILES string of the molecule is CCCC(CBr)(CCC)CN(C)Cc1csc(Br)c1. The quantitative estimate of drug-likeness (QED) is 0.456. The van der Waals surface area contributed by atoms with E-state index in [0.717, 1.165) is 11.9 Å². The minimum absolute atomic E-state index is 0.436. The average molecular weight is 411 g/mol. The summed E-state index contributed by atoms with van der Waals surface area (Å²) < 4.78 is 1.23. The minimum Gasteiger partial charge on any atom is -0.302 e. The van der Waals surface area contributed by atoms with Crippen LogP contribution in [0.1, 0.15) is 45.1 Å². The largest absolute Gasteiger partial charge is 0.302 e. The van der Waals surface area contributed by atoms with Gasteiger partial charge < -0.3 is 4.90 Å². The van der Waals surface area contributed by atoms with Gasteiger partial charge in [-0.05, 0) is 58.2 Å². The van der Waals surface area contributed by atoms with Gasteiger partial charge in [0.15, 0.2) is 0 Å². The highest BCUT2D eigenvalue weighted by atomic mass is 79.9. The van der Waals surface area contributed by atoms with Crippen LogP contribution in [0, 0.1) is 5.41 Å². The molecule has 0 aliphatic rings. The van der Waals surface area contributed by atoms with Crippen molar-refractivity contribution in [3.8, 4) is 0 Å². The van der Waals surface area contributed by atoms with E-state index >= 15 is 0 Å². The summed E-state index contributed by atoms with van der Waals surface area (Å²) in [6.45, 7) is 6.81. The molecule has 0 saturated carbocycles. The Balaban J connectivity index is 2.61. The first-order valence-electron chi connectivity index (χ1n) is 7.02. The molecular weight excluding hydrogens is 386 g/mol. The Hall–Kier alpha value is 0.620. The molecule has 110 valence electrons. The van der Waals surface area contributed by atoms with Crippen LogP contribution in [0.5, 0.6) is 0 Å². The van der Waals surface area contributed by atoms with Crippen molar-refractivity contribution in [3.05, 3.63) is 20.8 Å². The summed E-state index contributed by atoms with van der Waals surface area (Å²) in [6, 6.07) is 2.23. The zero-order valence-corrected chi connectivity index (χ0v) is 16.2. The van der Waals surface area contributed by atoms with Gasteiger partial charge in [0.1, 0.15) is 0 Å². The van der Waals surface area contributed by atoms with Crippen molar-refractivity contribution in [2.45, 2.75) is 46.1 Å². The van der Waals surface area contributed by atoms with Gasteiger partial charge in [0.25, 0.3) is 0 Å². The third-order valence-corrected chi connectivity index (χ3v) is 6.27. The Labute approximate surface area is 139 Å². The second-order valence-electron chi connectivity index (χ2n) is 5.56. The maximum absolute atomic E-state index is 3.76. The van der Waals surface area contributed by atoms with Crippen LogP contribution >= 0.6 is 43.2 Å². The van der Waals surface area contributed by atoms with E-state index in [-0.39, 0.29) is 0 Å². The smallest absolute Gasteiger partial charge is 0.0701 e. The molecule has 1 rings (SSSR count). The topological polar surface area (TPSA) is 3.24 Å². The predicted octanol–water partition coefficient (Wildman–Crippen LogP) is 5.92. The first-order valence-corrected chi connectivity index (χ1v) is 9.82. The van der Waals surface area contributed by atoms with Crippen LogP contribution in [0.4, 0.5) is 0 Å². The number of hydrogen-bond acceptors (Lipinski definition) is 2. The van der Waals surface area contributed by atoms with E-state index in [1.165, 1.54) is 41.6 Å². The van der Waals surface area contributed by atoms with Crippen LogP contribution in [-0.4, -0.2) is 23.8 Å². The van der Waals surface area contributed by atoms with Gasteiger partial charge in [0.2, 0.25) is 0 Å². The molecule has 1 aromatic rings. The third-order valence-electron chi connectivity index (χ3n) is 3.52. The Bertz CT molecular complexity index is 359. The average Bonchev–Trinajstić information content (AvgIpc) is 2.75. The minimum atomic E-state index is 0.436. The summed E-state index contributed by atoms with van der Waals surface area (Å²) in [7, 11) is 2.24. The molecule has 0 fully saturated rings. The van der Waals surface area contributed by atoms with E-state index in [1.54, 1.807) is 11.3 Å². The van der Waals surface area contributed by atoms with E-state index in [0.29, 0.717) is 5.41 Å². The Morgan fingerprint density at radius 2 is 1.89 bits per heavy atom. The summed E-state index contributed by atoms with van der Waals surface area (Å²) in [5.41, 5.74) is 1.85. The predicted molar refractivity (Wildman–Crippen MR) is 94.4 cm³/mol. The standard InChI is InChI=1S/C15H25Br2NS/c1-4-6-15(11-16,7-5-2)12-18(3)9-13-8-14(17)19-10-13/h8,10H,4-7,9,11-12H2,1-3H3. The van der Waals surface area contributed by atoms with Crippen LogP contribution < -0.4 is 0 Å². The maximum atomic E-state index is 3.76. The van der Waals surface area contributed by atoms with Crippen LogP contribution in [0.25, 0.3) is 0 Å². The van der Waals surface area contributed by atoms with Crippen LogP contribution in [0.15, 0.2) is 15.2 Å². The zero-order valence-electron chi connectivity index (χ0n) is 12.2. The van der Waals surface area contributed by atoms with Gasteiger partial charge in [-0.15, -0.1) is 11.3 Å². The van der Waals surface area contributed by atoms with Crippen molar-refractivity contribution in [3.63, 3.8) is 0 Å². The van der Waals surface area contributed by atoms with Gasteiger partial charge in [0, 0.05) is 18.4 Å². The molecular formula is C15H25Br2NS. The maximum Gasteiger partial charge on any atom is 0.0701 e. The second-order valence-corrected chi connectivity index (χ2v) is 8.42. The molecule has 1 aromatic heterocycles. The lowest BCUT2D eigenvalue weighted by molar-refractivity contribution is 0.166. The van der Waals surface area contributed by atoms with Gasteiger partial charge in [-0.3, -0.25) is 0 Å². The second kappa shape index (κ2) is 8.81. The van der Waals surface area contributed by atoms with E-state index in [2.05, 4.69) is 69.1 Å². The number of thiophene rings is 1. The molecule has 1 heterocycles. The van der Waals surface area contributed by atoms with Crippen molar-refractivity contribution in [1.29, 1.82) is 0 Å². The third kappa shape index (κ3) is 5.86. The monoisotopic (exact) mass is 409 g/mol. The van der Waals surface area contributed by atoms with Gasteiger partial charge >= 0.3 is 0 Å².